The molecule has 0 atom stereocenters. The van der Waals surface area contributed by atoms with Gasteiger partial charge < -0.3 is 0 Å². The zero-order valence-electron chi connectivity index (χ0n) is 11.3. The second-order valence-electron chi connectivity index (χ2n) is 4.12. The van der Waals surface area contributed by atoms with Gasteiger partial charge in [0.05, 0.1) is 0 Å². The number of hydrogen-bond acceptors (Lipinski definition) is 0. The third kappa shape index (κ3) is 133. The van der Waals surface area contributed by atoms with Crippen LogP contribution >= 0.6 is 0 Å². The maximum Gasteiger partial charge on any atom is -0.0443 e. The van der Waals surface area contributed by atoms with E-state index in [1.165, 1.54) is 19.3 Å². The number of rotatable bonds is 0. The molecule has 0 aliphatic heterocycles. The highest BCUT2D eigenvalue weighted by Gasteiger charge is 2.12. The normalized spacial score (nSPS) is 12.7. The lowest BCUT2D eigenvalue weighted by molar-refractivity contribution is 0.737. The van der Waals surface area contributed by atoms with Crippen molar-refractivity contribution in [3.05, 3.63) is 0 Å². The van der Waals surface area contributed by atoms with E-state index in [2.05, 4.69) is 41.5 Å². The third-order valence-electron chi connectivity index (χ3n) is 0.866. The molecule has 84 valence electrons. The molecule has 1 fully saturated rings. The van der Waals surface area contributed by atoms with Gasteiger partial charge in [-0.1, -0.05) is 74.7 Å². The van der Waals surface area contributed by atoms with E-state index >= 15 is 0 Å². The third-order valence-corrected chi connectivity index (χ3v) is 0.866. The van der Waals surface area contributed by atoms with E-state index < -0.39 is 0 Å². The summed E-state index contributed by atoms with van der Waals surface area (Å²) in [6.45, 7) is 17.0. The molecule has 1 rings (SSSR count). The van der Waals surface area contributed by atoms with Gasteiger partial charge in [-0.15, -0.1) is 0 Å². The maximum absolute atomic E-state index is 2.28. The lowest BCUT2D eigenvalue weighted by atomic mass is 10.3. The van der Waals surface area contributed by atoms with Crippen molar-refractivity contribution < 1.29 is 0 Å². The summed E-state index contributed by atoms with van der Waals surface area (Å²) >= 11 is 0. The first-order valence-electron chi connectivity index (χ1n) is 6.04. The molecule has 0 N–H and O–H groups in total. The Bertz CT molecular complexity index is 48.3. The Kier molecular flexibility index (Phi) is 25.8. The van der Waals surface area contributed by atoms with E-state index in [1.54, 1.807) is 0 Å². The Balaban J connectivity index is -0.000000107. The van der Waals surface area contributed by atoms with Gasteiger partial charge in [0.2, 0.25) is 0 Å². The molecule has 0 bridgehead atoms. The van der Waals surface area contributed by atoms with Crippen LogP contribution in [0.5, 0.6) is 0 Å². The topological polar surface area (TPSA) is 0 Å². The summed E-state index contributed by atoms with van der Waals surface area (Å²) in [4.78, 5) is 0. The Hall–Kier alpha value is 0. The fraction of sp³-hybridized carbons (Fsp3) is 1.00. The van der Waals surface area contributed by atoms with Crippen LogP contribution in [-0.2, 0) is 0 Å². The fourth-order valence-electron chi connectivity index (χ4n) is 0.167. The van der Waals surface area contributed by atoms with Crippen molar-refractivity contribution in [2.75, 3.05) is 0 Å². The highest BCUT2D eigenvalue weighted by molar-refractivity contribution is 4.65. The zero-order valence-corrected chi connectivity index (χ0v) is 11.3. The van der Waals surface area contributed by atoms with Crippen LogP contribution in [0.25, 0.3) is 0 Å². The summed E-state index contributed by atoms with van der Waals surface area (Å²) in [5.41, 5.74) is 0. The maximum atomic E-state index is 2.28. The van der Waals surface area contributed by atoms with E-state index in [4.69, 9.17) is 0 Å². The molecule has 0 saturated heterocycles. The van der Waals surface area contributed by atoms with Crippen LogP contribution < -0.4 is 0 Å². The molecule has 0 spiro atoms. The smallest absolute Gasteiger partial charge is 0.0443 e. The average molecular weight is 188 g/mol. The first kappa shape index (κ1) is 18.7. The first-order valence-corrected chi connectivity index (χ1v) is 6.04. The molecule has 0 aromatic rings. The summed E-state index contributed by atoms with van der Waals surface area (Å²) in [6.07, 6.45) is 4.22. The molecule has 0 heteroatoms. The Labute approximate surface area is 87.1 Å². The molecule has 0 nitrogen and oxygen atoms in total. The van der Waals surface area contributed by atoms with Gasteiger partial charge in [-0.25, -0.2) is 0 Å². The Morgan fingerprint density at radius 1 is 1.00 bits per heavy atom. The van der Waals surface area contributed by atoms with Crippen molar-refractivity contribution >= 4 is 0 Å². The van der Waals surface area contributed by atoms with Crippen molar-refractivity contribution in [3.8, 4) is 0 Å². The quantitative estimate of drug-likeness (QED) is 0.469. The fourth-order valence-corrected chi connectivity index (χ4v) is 0.167. The summed E-state index contributed by atoms with van der Waals surface area (Å²) in [5.74, 6) is 1.92. The van der Waals surface area contributed by atoms with Crippen LogP contribution in [0, 0.1) is 11.8 Å². The first-order chi connectivity index (χ1) is 6.04. The molecular weight excluding hydrogens is 156 g/mol. The van der Waals surface area contributed by atoms with E-state index in [-0.39, 0.29) is 0 Å². The van der Waals surface area contributed by atoms with Crippen LogP contribution in [0.1, 0.15) is 74.7 Å². The van der Waals surface area contributed by atoms with Crippen LogP contribution in [-0.4, -0.2) is 0 Å². The predicted octanol–water partition coefficient (Wildman–Crippen LogP) is 5.52. The summed E-state index contributed by atoms with van der Waals surface area (Å²) < 4.78 is 0. The van der Waals surface area contributed by atoms with Gasteiger partial charge in [-0.3, -0.25) is 0 Å². The van der Waals surface area contributed by atoms with Gasteiger partial charge >= 0.3 is 0 Å². The van der Waals surface area contributed by atoms with Crippen molar-refractivity contribution in [2.24, 2.45) is 11.8 Å². The van der Waals surface area contributed by atoms with Crippen LogP contribution in [0.2, 0.25) is 0 Å². The molecule has 13 heavy (non-hydrogen) atoms. The van der Waals surface area contributed by atoms with Crippen molar-refractivity contribution in [2.45, 2.75) is 74.7 Å². The molecule has 1 aliphatic rings. The zero-order chi connectivity index (χ0) is 11.3. The largest absolute Gasteiger partial charge is 0.0683 e. The lowest BCUT2D eigenvalue weighted by Gasteiger charge is -1.79. The van der Waals surface area contributed by atoms with Crippen LogP contribution in [0.4, 0.5) is 0 Å². The second-order valence-corrected chi connectivity index (χ2v) is 4.12. The second kappa shape index (κ2) is 17.9. The molecule has 0 unspecified atom stereocenters. The average Bonchev–Trinajstić information content (AvgIpc) is 2.76. The molecular formula is C13H32. The number of hydrogen-bond donors (Lipinski definition) is 0. The van der Waals surface area contributed by atoms with Gasteiger partial charge in [0.1, 0.15) is 0 Å². The SMILES string of the molecule is CC.CC(C)C.CC1CC1.CCC. The van der Waals surface area contributed by atoms with E-state index in [0.717, 1.165) is 11.8 Å². The molecule has 0 amide bonds. The van der Waals surface area contributed by atoms with Crippen molar-refractivity contribution in [3.63, 3.8) is 0 Å². The van der Waals surface area contributed by atoms with Gasteiger partial charge in [-0.05, 0) is 11.8 Å². The minimum atomic E-state index is 0.833. The van der Waals surface area contributed by atoms with Crippen LogP contribution in [0.3, 0.4) is 0 Å². The van der Waals surface area contributed by atoms with Gasteiger partial charge in [-0.2, -0.15) is 0 Å². The van der Waals surface area contributed by atoms with E-state index in [0.29, 0.717) is 0 Å². The molecule has 0 radical (unpaired) electrons. The summed E-state index contributed by atoms with van der Waals surface area (Å²) in [7, 11) is 0. The Morgan fingerprint density at radius 2 is 1.08 bits per heavy atom. The molecule has 0 aromatic carbocycles. The molecule has 1 aliphatic carbocycles. The predicted molar refractivity (Wildman–Crippen MR) is 66.2 cm³/mol. The van der Waals surface area contributed by atoms with E-state index in [1.807, 2.05) is 13.8 Å². The minimum Gasteiger partial charge on any atom is -0.0683 e. The van der Waals surface area contributed by atoms with Crippen molar-refractivity contribution in [1.29, 1.82) is 0 Å². The monoisotopic (exact) mass is 188 g/mol. The van der Waals surface area contributed by atoms with Crippen LogP contribution in [0.15, 0.2) is 0 Å². The minimum absolute atomic E-state index is 0.833. The highest BCUT2D eigenvalue weighted by atomic mass is 14.2. The summed E-state index contributed by atoms with van der Waals surface area (Å²) in [6, 6.07) is 0. The Morgan fingerprint density at radius 3 is 1.08 bits per heavy atom. The standard InChI is InChI=1S/C4H8.C4H10.C3H8.C2H6/c1-4-2-3-4;1-4(2)3;1-3-2;1-2/h4H,2-3H2,1H3;4H,1-3H3;3H2,1-2H3;1-2H3. The van der Waals surface area contributed by atoms with Gasteiger partial charge in [0.25, 0.3) is 0 Å². The lowest BCUT2D eigenvalue weighted by Crippen LogP contribution is -1.66. The summed E-state index contributed by atoms with van der Waals surface area (Å²) in [5, 5.41) is 0. The molecule has 0 aromatic heterocycles. The highest BCUT2D eigenvalue weighted by Crippen LogP contribution is 2.26. The molecule has 1 saturated carbocycles. The van der Waals surface area contributed by atoms with Gasteiger partial charge in [0.15, 0.2) is 0 Å². The molecule has 0 heterocycles. The van der Waals surface area contributed by atoms with Gasteiger partial charge in [0, 0.05) is 0 Å². The van der Waals surface area contributed by atoms with E-state index in [9.17, 15) is 0 Å². The van der Waals surface area contributed by atoms with Crippen molar-refractivity contribution in [1.82, 2.24) is 0 Å².